The van der Waals surface area contributed by atoms with Gasteiger partial charge >= 0.3 is 0 Å². The Hall–Kier alpha value is -1.43. The Morgan fingerprint density at radius 3 is 2.69 bits per heavy atom. The van der Waals surface area contributed by atoms with Gasteiger partial charge in [-0.05, 0) is 6.42 Å². The summed E-state index contributed by atoms with van der Waals surface area (Å²) >= 11 is 0. The Morgan fingerprint density at radius 1 is 1.62 bits per heavy atom. The van der Waals surface area contributed by atoms with E-state index in [1.54, 1.807) is 0 Å². The molecule has 0 aromatic rings. The fourth-order valence-corrected chi connectivity index (χ4v) is 1.59. The Kier molecular flexibility index (Phi) is 4.00. The van der Waals surface area contributed by atoms with Gasteiger partial charge in [-0.3, -0.25) is 19.3 Å². The monoisotopic (exact) mass is 227 g/mol. The predicted molar refractivity (Wildman–Crippen MR) is 57.2 cm³/mol. The molecule has 6 nitrogen and oxygen atoms in total. The maximum Gasteiger partial charge on any atom is 0.252 e. The van der Waals surface area contributed by atoms with Gasteiger partial charge in [-0.1, -0.05) is 13.3 Å². The lowest BCUT2D eigenvalue weighted by atomic mass is 10.1. The summed E-state index contributed by atoms with van der Waals surface area (Å²) in [6.07, 6.45) is 1.39. The van der Waals surface area contributed by atoms with Crippen molar-refractivity contribution in [3.05, 3.63) is 0 Å². The second kappa shape index (κ2) is 5.07. The van der Waals surface area contributed by atoms with Gasteiger partial charge in [-0.25, -0.2) is 0 Å². The molecule has 6 heteroatoms. The normalized spacial score (nSPS) is 22.4. The van der Waals surface area contributed by atoms with Crippen molar-refractivity contribution in [3.8, 4) is 0 Å². The van der Waals surface area contributed by atoms with E-state index in [9.17, 15) is 14.4 Å². The lowest BCUT2D eigenvalue weighted by Crippen LogP contribution is -2.47. The van der Waals surface area contributed by atoms with E-state index in [1.807, 2.05) is 6.92 Å². The zero-order valence-electron chi connectivity index (χ0n) is 9.53. The second-order valence-electron chi connectivity index (χ2n) is 3.95. The number of nitrogens with one attached hydrogen (secondary N) is 1. The Morgan fingerprint density at radius 2 is 2.25 bits per heavy atom. The van der Waals surface area contributed by atoms with Crippen LogP contribution in [0.1, 0.15) is 26.2 Å². The van der Waals surface area contributed by atoms with Crippen molar-refractivity contribution in [2.24, 2.45) is 5.73 Å². The minimum absolute atomic E-state index is 0.0277. The number of hydrogen-bond acceptors (Lipinski definition) is 4. The van der Waals surface area contributed by atoms with Crippen molar-refractivity contribution in [1.82, 2.24) is 10.2 Å². The van der Waals surface area contributed by atoms with Gasteiger partial charge in [0, 0.05) is 7.05 Å². The van der Waals surface area contributed by atoms with E-state index in [4.69, 9.17) is 5.73 Å². The van der Waals surface area contributed by atoms with Crippen molar-refractivity contribution in [1.29, 1.82) is 0 Å². The summed E-state index contributed by atoms with van der Waals surface area (Å²) in [6.45, 7) is 1.92. The fourth-order valence-electron chi connectivity index (χ4n) is 1.59. The summed E-state index contributed by atoms with van der Waals surface area (Å²) in [5, 5.41) is 2.50. The highest BCUT2D eigenvalue weighted by Crippen LogP contribution is 2.10. The molecule has 0 spiro atoms. The third-order valence-electron chi connectivity index (χ3n) is 2.63. The first-order valence-electron chi connectivity index (χ1n) is 5.33. The summed E-state index contributed by atoms with van der Waals surface area (Å²) in [6, 6.07) is -1.35. The number of imide groups is 1. The molecule has 0 radical (unpaired) electrons. The maximum absolute atomic E-state index is 11.5. The van der Waals surface area contributed by atoms with Gasteiger partial charge in [0.05, 0.1) is 12.5 Å². The van der Waals surface area contributed by atoms with E-state index in [2.05, 4.69) is 5.32 Å². The van der Waals surface area contributed by atoms with Crippen LogP contribution in [0.4, 0.5) is 0 Å². The molecule has 1 rings (SSSR count). The summed E-state index contributed by atoms with van der Waals surface area (Å²) in [7, 11) is 1.41. The highest BCUT2D eigenvalue weighted by atomic mass is 16.2. The largest absolute Gasteiger partial charge is 0.342 e. The predicted octanol–water partition coefficient (Wildman–Crippen LogP) is -1.01. The SMILES string of the molecule is CCC[C@@H](N)C(=O)NC1CC(=O)N(C)C1=O. The number of likely N-dealkylation sites (tertiary alicyclic amines) is 1. The smallest absolute Gasteiger partial charge is 0.252 e. The Balaban J connectivity index is 2.53. The van der Waals surface area contributed by atoms with Crippen LogP contribution in [-0.2, 0) is 14.4 Å². The molecular formula is C10H17N3O3. The fraction of sp³-hybridized carbons (Fsp3) is 0.700. The highest BCUT2D eigenvalue weighted by molar-refractivity contribution is 6.06. The third kappa shape index (κ3) is 2.57. The standard InChI is InChI=1S/C10H17N3O3/c1-3-4-6(11)9(15)12-7-5-8(14)13(2)10(7)16/h6-7H,3-5,11H2,1-2H3,(H,12,15)/t6-,7?/m1/s1. The zero-order valence-corrected chi connectivity index (χ0v) is 9.53. The summed E-state index contributed by atoms with van der Waals surface area (Å²) < 4.78 is 0. The first-order valence-corrected chi connectivity index (χ1v) is 5.33. The van der Waals surface area contributed by atoms with Gasteiger partial charge in [0.2, 0.25) is 11.8 Å². The van der Waals surface area contributed by atoms with Crippen molar-refractivity contribution in [2.45, 2.75) is 38.3 Å². The lowest BCUT2D eigenvalue weighted by molar-refractivity contribution is -0.138. The molecule has 0 saturated carbocycles. The zero-order chi connectivity index (χ0) is 12.3. The molecule has 1 unspecified atom stereocenters. The number of nitrogens with zero attached hydrogens (tertiary/aromatic N) is 1. The van der Waals surface area contributed by atoms with E-state index in [0.29, 0.717) is 6.42 Å². The third-order valence-corrected chi connectivity index (χ3v) is 2.63. The average Bonchev–Trinajstić information content (AvgIpc) is 2.47. The molecule has 90 valence electrons. The first kappa shape index (κ1) is 12.6. The molecular weight excluding hydrogens is 210 g/mol. The molecule has 0 aliphatic carbocycles. The van der Waals surface area contributed by atoms with Crippen LogP contribution in [0, 0.1) is 0 Å². The van der Waals surface area contributed by atoms with Gasteiger partial charge in [0.15, 0.2) is 0 Å². The van der Waals surface area contributed by atoms with E-state index < -0.39 is 12.1 Å². The molecule has 2 atom stereocenters. The highest BCUT2D eigenvalue weighted by Gasteiger charge is 2.37. The first-order chi connectivity index (χ1) is 7.47. The minimum atomic E-state index is -0.743. The number of carbonyl (C=O) groups excluding carboxylic acids is 3. The molecule has 3 N–H and O–H groups in total. The van der Waals surface area contributed by atoms with Crippen molar-refractivity contribution < 1.29 is 14.4 Å². The minimum Gasteiger partial charge on any atom is -0.342 e. The molecule has 1 aliphatic rings. The van der Waals surface area contributed by atoms with E-state index in [0.717, 1.165) is 11.3 Å². The topological polar surface area (TPSA) is 92.5 Å². The molecule has 0 aromatic heterocycles. The molecule has 0 aromatic carbocycles. The lowest BCUT2D eigenvalue weighted by Gasteiger charge is -2.14. The van der Waals surface area contributed by atoms with E-state index >= 15 is 0 Å². The van der Waals surface area contributed by atoms with Crippen LogP contribution in [0.3, 0.4) is 0 Å². The molecule has 1 aliphatic heterocycles. The van der Waals surface area contributed by atoms with Crippen molar-refractivity contribution in [2.75, 3.05) is 7.05 Å². The Bertz CT molecular complexity index is 316. The number of nitrogens with two attached hydrogens (primary N) is 1. The molecule has 3 amide bonds. The number of amides is 3. The van der Waals surface area contributed by atoms with Crippen molar-refractivity contribution >= 4 is 17.7 Å². The van der Waals surface area contributed by atoms with Gasteiger partial charge in [-0.2, -0.15) is 0 Å². The van der Waals surface area contributed by atoms with Crippen LogP contribution in [0.5, 0.6) is 0 Å². The average molecular weight is 227 g/mol. The molecule has 1 fully saturated rings. The van der Waals surface area contributed by atoms with E-state index in [-0.39, 0.29) is 24.1 Å². The number of rotatable bonds is 4. The summed E-state index contributed by atoms with van der Waals surface area (Å²) in [5.41, 5.74) is 5.60. The molecule has 1 saturated heterocycles. The second-order valence-corrected chi connectivity index (χ2v) is 3.95. The van der Waals surface area contributed by atoms with E-state index in [1.165, 1.54) is 7.05 Å². The number of likely N-dealkylation sites (N-methyl/N-ethyl adjacent to an activating group) is 1. The number of hydrogen-bond donors (Lipinski definition) is 2. The van der Waals surface area contributed by atoms with Gasteiger partial charge in [0.1, 0.15) is 6.04 Å². The van der Waals surface area contributed by atoms with Crippen molar-refractivity contribution in [3.63, 3.8) is 0 Å². The summed E-state index contributed by atoms with van der Waals surface area (Å²) in [4.78, 5) is 35.2. The van der Waals surface area contributed by atoms with Gasteiger partial charge in [-0.15, -0.1) is 0 Å². The van der Waals surface area contributed by atoms with Crippen LogP contribution in [0.2, 0.25) is 0 Å². The number of carbonyl (C=O) groups is 3. The molecule has 16 heavy (non-hydrogen) atoms. The van der Waals surface area contributed by atoms with Gasteiger partial charge < -0.3 is 11.1 Å². The quantitative estimate of drug-likeness (QED) is 0.602. The van der Waals surface area contributed by atoms with Crippen LogP contribution < -0.4 is 11.1 Å². The van der Waals surface area contributed by atoms with Gasteiger partial charge in [0.25, 0.3) is 5.91 Å². The van der Waals surface area contributed by atoms with Crippen LogP contribution >= 0.6 is 0 Å². The maximum atomic E-state index is 11.5. The molecule has 1 heterocycles. The van der Waals surface area contributed by atoms with Crippen LogP contribution in [0.15, 0.2) is 0 Å². The van der Waals surface area contributed by atoms with Crippen LogP contribution in [0.25, 0.3) is 0 Å². The van der Waals surface area contributed by atoms with Crippen LogP contribution in [-0.4, -0.2) is 41.8 Å². The summed E-state index contributed by atoms with van der Waals surface area (Å²) in [5.74, 6) is -1.02. The molecule has 0 bridgehead atoms. The Labute approximate surface area is 94.2 Å².